The Kier molecular flexibility index (Phi) is 4.94. The summed E-state index contributed by atoms with van der Waals surface area (Å²) >= 11 is 0. The molecule has 2 N–H and O–H groups in total. The van der Waals surface area contributed by atoms with Crippen LogP contribution in [0, 0.1) is 17.5 Å². The molecule has 1 fully saturated rings. The molecule has 0 saturated carbocycles. The average Bonchev–Trinajstić information content (AvgIpc) is 2.68. The number of hydrogen-bond donors (Lipinski definition) is 2. The van der Waals surface area contributed by atoms with Gasteiger partial charge in [-0.25, -0.2) is 18.0 Å². The molecular formula is C21H20F3N3O2. The highest BCUT2D eigenvalue weighted by molar-refractivity contribution is 6.04. The van der Waals surface area contributed by atoms with Crippen molar-refractivity contribution in [2.75, 3.05) is 18.4 Å². The maximum absolute atomic E-state index is 13.7. The molecule has 0 radical (unpaired) electrons. The first-order chi connectivity index (χ1) is 13.8. The number of halogens is 3. The highest BCUT2D eigenvalue weighted by Gasteiger charge is 2.41. The number of urea groups is 1. The molecule has 0 aliphatic carbocycles. The van der Waals surface area contributed by atoms with Gasteiger partial charge in [-0.15, -0.1) is 0 Å². The predicted molar refractivity (Wildman–Crippen MR) is 101 cm³/mol. The number of amides is 2. The number of Topliss-reactive ketones (excluding diaryl/α,β-unsaturated/α-hetero) is 1. The zero-order valence-corrected chi connectivity index (χ0v) is 15.6. The number of ketones is 1. The fourth-order valence-corrected chi connectivity index (χ4v) is 3.98. The maximum Gasteiger partial charge on any atom is 0.317 e. The summed E-state index contributed by atoms with van der Waals surface area (Å²) in [7, 11) is 0. The van der Waals surface area contributed by atoms with Gasteiger partial charge in [0.15, 0.2) is 5.78 Å². The van der Waals surface area contributed by atoms with E-state index in [0.29, 0.717) is 37.2 Å². The van der Waals surface area contributed by atoms with Crippen molar-refractivity contribution < 1.29 is 22.8 Å². The van der Waals surface area contributed by atoms with Crippen molar-refractivity contribution in [2.24, 2.45) is 0 Å². The van der Waals surface area contributed by atoms with E-state index in [1.165, 1.54) is 18.2 Å². The van der Waals surface area contributed by atoms with Crippen molar-refractivity contribution in [3.05, 3.63) is 65.0 Å². The summed E-state index contributed by atoms with van der Waals surface area (Å²) in [4.78, 5) is 26.5. The van der Waals surface area contributed by atoms with Crippen LogP contribution in [-0.4, -0.2) is 35.3 Å². The van der Waals surface area contributed by atoms with Crippen molar-refractivity contribution in [1.29, 1.82) is 0 Å². The Balaban J connectivity index is 1.36. The third kappa shape index (κ3) is 3.92. The number of carbonyl (C=O) groups is 2. The van der Waals surface area contributed by atoms with E-state index >= 15 is 0 Å². The lowest BCUT2D eigenvalue weighted by Crippen LogP contribution is -2.55. The van der Waals surface area contributed by atoms with E-state index in [0.717, 1.165) is 12.1 Å². The lowest BCUT2D eigenvalue weighted by molar-refractivity contribution is 0.0915. The van der Waals surface area contributed by atoms with Gasteiger partial charge in [0.05, 0.1) is 0 Å². The molecule has 2 heterocycles. The third-order valence-electron chi connectivity index (χ3n) is 5.63. The Morgan fingerprint density at radius 2 is 1.76 bits per heavy atom. The first-order valence-electron chi connectivity index (χ1n) is 9.43. The Bertz CT molecular complexity index is 972. The zero-order valence-electron chi connectivity index (χ0n) is 15.6. The van der Waals surface area contributed by atoms with Gasteiger partial charge in [0.2, 0.25) is 0 Å². The molecule has 4 rings (SSSR count). The van der Waals surface area contributed by atoms with E-state index in [1.54, 1.807) is 11.0 Å². The van der Waals surface area contributed by atoms with Crippen LogP contribution in [0.3, 0.4) is 0 Å². The smallest absolute Gasteiger partial charge is 0.317 e. The second kappa shape index (κ2) is 7.42. The van der Waals surface area contributed by atoms with Gasteiger partial charge in [0, 0.05) is 54.5 Å². The van der Waals surface area contributed by atoms with Crippen molar-refractivity contribution in [3.63, 3.8) is 0 Å². The van der Waals surface area contributed by atoms with Gasteiger partial charge in [0.1, 0.15) is 17.5 Å². The number of piperidine rings is 1. The largest absolute Gasteiger partial charge is 0.378 e. The molecule has 8 heteroatoms. The summed E-state index contributed by atoms with van der Waals surface area (Å²) in [5, 5.41) is 6.02. The molecular weight excluding hydrogens is 383 g/mol. The summed E-state index contributed by atoms with van der Waals surface area (Å²) in [6, 6.07) is 7.01. The van der Waals surface area contributed by atoms with Crippen LogP contribution < -0.4 is 10.6 Å². The number of rotatable bonds is 2. The highest BCUT2D eigenvalue weighted by Crippen LogP contribution is 2.37. The average molecular weight is 403 g/mol. The Hall–Kier alpha value is -3.03. The summed E-state index contributed by atoms with van der Waals surface area (Å²) in [5.74, 6) is -1.93. The lowest BCUT2D eigenvalue weighted by Gasteiger charge is -2.45. The van der Waals surface area contributed by atoms with E-state index in [-0.39, 0.29) is 30.3 Å². The molecule has 29 heavy (non-hydrogen) atoms. The first kappa shape index (κ1) is 19.3. The molecule has 0 atom stereocenters. The van der Waals surface area contributed by atoms with Gasteiger partial charge in [-0.2, -0.15) is 0 Å². The molecule has 0 unspecified atom stereocenters. The minimum atomic E-state index is -0.706. The molecule has 5 nitrogen and oxygen atoms in total. The predicted octanol–water partition coefficient (Wildman–Crippen LogP) is 3.85. The molecule has 2 aliphatic rings. The van der Waals surface area contributed by atoms with Crippen LogP contribution in [0.25, 0.3) is 0 Å². The minimum Gasteiger partial charge on any atom is -0.378 e. The molecule has 0 bridgehead atoms. The monoisotopic (exact) mass is 403 g/mol. The van der Waals surface area contributed by atoms with Crippen LogP contribution in [0.1, 0.15) is 35.2 Å². The first-order valence-corrected chi connectivity index (χ1v) is 9.43. The molecule has 1 saturated heterocycles. The van der Waals surface area contributed by atoms with Crippen LogP contribution in [0.2, 0.25) is 0 Å². The number of hydrogen-bond acceptors (Lipinski definition) is 3. The number of anilines is 1. The third-order valence-corrected chi connectivity index (χ3v) is 5.63. The lowest BCUT2D eigenvalue weighted by atomic mass is 9.78. The van der Waals surface area contributed by atoms with E-state index < -0.39 is 23.0 Å². The van der Waals surface area contributed by atoms with Crippen LogP contribution in [0.4, 0.5) is 23.7 Å². The second-order valence-corrected chi connectivity index (χ2v) is 7.58. The van der Waals surface area contributed by atoms with Crippen molar-refractivity contribution in [2.45, 2.75) is 31.3 Å². The number of fused-ring (bicyclic) bond motifs is 1. The van der Waals surface area contributed by atoms with E-state index in [1.807, 2.05) is 0 Å². The second-order valence-electron chi connectivity index (χ2n) is 7.58. The van der Waals surface area contributed by atoms with Crippen LogP contribution in [-0.2, 0) is 6.54 Å². The number of nitrogens with zero attached hydrogens (tertiary/aromatic N) is 1. The van der Waals surface area contributed by atoms with Crippen molar-refractivity contribution >= 4 is 17.5 Å². The fourth-order valence-electron chi connectivity index (χ4n) is 3.98. The SMILES string of the molecule is O=C1CC2(CCN(C(=O)NCc3ccc(F)cc3F)CC2)Nc2ccc(F)cc21. The van der Waals surface area contributed by atoms with Crippen molar-refractivity contribution in [1.82, 2.24) is 10.2 Å². The van der Waals surface area contributed by atoms with Crippen LogP contribution >= 0.6 is 0 Å². The van der Waals surface area contributed by atoms with Gasteiger partial charge in [0.25, 0.3) is 0 Å². The summed E-state index contributed by atoms with van der Waals surface area (Å²) < 4.78 is 40.1. The summed E-state index contributed by atoms with van der Waals surface area (Å²) in [5.41, 5.74) is 0.725. The van der Waals surface area contributed by atoms with Gasteiger partial charge >= 0.3 is 6.03 Å². The number of carbonyl (C=O) groups excluding carboxylic acids is 2. The minimum absolute atomic E-state index is 0.0394. The molecule has 2 aromatic rings. The quantitative estimate of drug-likeness (QED) is 0.801. The number of benzene rings is 2. The maximum atomic E-state index is 13.7. The van der Waals surface area contributed by atoms with E-state index in [2.05, 4.69) is 10.6 Å². The zero-order chi connectivity index (χ0) is 20.6. The Morgan fingerprint density at radius 3 is 2.48 bits per heavy atom. The van der Waals surface area contributed by atoms with Gasteiger partial charge < -0.3 is 15.5 Å². The Morgan fingerprint density at radius 1 is 1.07 bits per heavy atom. The van der Waals surface area contributed by atoms with Gasteiger partial charge in [-0.3, -0.25) is 4.79 Å². The molecule has 152 valence electrons. The van der Waals surface area contributed by atoms with E-state index in [9.17, 15) is 22.8 Å². The fraction of sp³-hybridized carbons (Fsp3) is 0.333. The highest BCUT2D eigenvalue weighted by atomic mass is 19.1. The van der Waals surface area contributed by atoms with Crippen LogP contribution in [0.5, 0.6) is 0 Å². The molecule has 2 aliphatic heterocycles. The Labute approximate surface area is 165 Å². The van der Waals surface area contributed by atoms with Gasteiger partial charge in [-0.1, -0.05) is 6.07 Å². The van der Waals surface area contributed by atoms with Crippen LogP contribution in [0.15, 0.2) is 36.4 Å². The summed E-state index contributed by atoms with van der Waals surface area (Å²) in [6.45, 7) is 0.811. The molecule has 1 spiro atoms. The topological polar surface area (TPSA) is 61.4 Å². The number of likely N-dealkylation sites (tertiary alicyclic amines) is 1. The van der Waals surface area contributed by atoms with Gasteiger partial charge in [-0.05, 0) is 37.1 Å². The standard InChI is InChI=1S/C21H20F3N3O2/c22-14-3-4-18-16(9-14)19(28)11-21(26-18)5-7-27(8-6-21)20(29)25-12-13-1-2-15(23)10-17(13)24/h1-4,9-10,26H,5-8,11-12H2,(H,25,29). The molecule has 0 aromatic heterocycles. The molecule has 2 aromatic carbocycles. The van der Waals surface area contributed by atoms with Crippen molar-refractivity contribution in [3.8, 4) is 0 Å². The normalized spacial score (nSPS) is 17.6. The number of nitrogens with one attached hydrogen (secondary N) is 2. The summed E-state index contributed by atoms with van der Waals surface area (Å²) in [6.07, 6.45) is 1.38. The van der Waals surface area contributed by atoms with E-state index in [4.69, 9.17) is 0 Å². The molecule has 2 amide bonds.